The van der Waals surface area contributed by atoms with E-state index in [0.717, 1.165) is 31.4 Å². The molecule has 1 heterocycles. The summed E-state index contributed by atoms with van der Waals surface area (Å²) in [5.74, 6) is 0.421. The minimum atomic E-state index is -3.05. The summed E-state index contributed by atoms with van der Waals surface area (Å²) in [6.45, 7) is 2.12. The van der Waals surface area contributed by atoms with E-state index in [9.17, 15) is 8.42 Å². The van der Waals surface area contributed by atoms with Crippen molar-refractivity contribution >= 4 is 9.84 Å². The second-order valence-corrected chi connectivity index (χ2v) is 7.91. The molecule has 0 bridgehead atoms. The van der Waals surface area contributed by atoms with E-state index < -0.39 is 9.84 Å². The fraction of sp³-hybridized carbons (Fsp3) is 0.769. The lowest BCUT2D eigenvalue weighted by Gasteiger charge is -2.33. The Labute approximate surface area is 109 Å². The van der Waals surface area contributed by atoms with Crippen LogP contribution < -0.4 is 0 Å². The summed E-state index contributed by atoms with van der Waals surface area (Å²) in [5.41, 5.74) is 0.754. The van der Waals surface area contributed by atoms with E-state index in [0.29, 0.717) is 5.75 Å². The number of hydrogen-bond donors (Lipinski definition) is 0. The summed E-state index contributed by atoms with van der Waals surface area (Å²) in [7, 11) is -1.26. The number of aromatic nitrogens is 2. The van der Waals surface area contributed by atoms with Crippen LogP contribution in [0, 0.1) is 5.41 Å². The van der Waals surface area contributed by atoms with Crippen molar-refractivity contribution in [3.63, 3.8) is 0 Å². The molecule has 0 spiro atoms. The molecule has 1 saturated carbocycles. The second kappa shape index (κ2) is 5.03. The van der Waals surface area contributed by atoms with Gasteiger partial charge in [0.2, 0.25) is 0 Å². The largest absolute Gasteiger partial charge is 0.272 e. The number of nitrogens with zero attached hydrogens (tertiary/aromatic N) is 2. The molecule has 2 rings (SSSR count). The average molecular weight is 270 g/mol. The van der Waals surface area contributed by atoms with Gasteiger partial charge in [0.1, 0.15) is 0 Å². The van der Waals surface area contributed by atoms with E-state index in [1.165, 1.54) is 6.42 Å². The zero-order valence-corrected chi connectivity index (χ0v) is 12.0. The third-order valence-electron chi connectivity index (χ3n) is 3.92. The van der Waals surface area contributed by atoms with Crippen LogP contribution in [0.4, 0.5) is 0 Å². The van der Waals surface area contributed by atoms with Crippen molar-refractivity contribution in [1.29, 1.82) is 0 Å². The zero-order chi connectivity index (χ0) is 13.2. The highest BCUT2D eigenvalue weighted by Gasteiger charge is 2.32. The van der Waals surface area contributed by atoms with Gasteiger partial charge in [-0.25, -0.2) is 8.42 Å². The van der Waals surface area contributed by atoms with Gasteiger partial charge in [0.25, 0.3) is 0 Å². The highest BCUT2D eigenvalue weighted by molar-refractivity contribution is 7.90. The number of aryl methyl sites for hydroxylation is 1. The first kappa shape index (κ1) is 13.6. The molecular formula is C13H22N2O2S. The Morgan fingerprint density at radius 3 is 2.56 bits per heavy atom. The van der Waals surface area contributed by atoms with Crippen LogP contribution in [0.3, 0.4) is 0 Å². The first-order valence-corrected chi connectivity index (χ1v) is 8.40. The van der Waals surface area contributed by atoms with Gasteiger partial charge in [0, 0.05) is 13.2 Å². The van der Waals surface area contributed by atoms with Crippen molar-refractivity contribution in [3.8, 4) is 0 Å². The molecule has 0 saturated heterocycles. The van der Waals surface area contributed by atoms with Gasteiger partial charge >= 0.3 is 0 Å². The lowest BCUT2D eigenvalue weighted by molar-refractivity contribution is 0.247. The average Bonchev–Trinajstić information content (AvgIpc) is 2.63. The summed E-state index contributed by atoms with van der Waals surface area (Å²) >= 11 is 0. The molecule has 0 unspecified atom stereocenters. The normalized spacial score (nSPS) is 19.9. The Kier molecular flexibility index (Phi) is 3.80. The lowest BCUT2D eigenvalue weighted by Crippen LogP contribution is -2.30. The van der Waals surface area contributed by atoms with Crippen LogP contribution in [-0.2, 0) is 22.6 Å². The Morgan fingerprint density at radius 1 is 1.33 bits per heavy atom. The summed E-state index contributed by atoms with van der Waals surface area (Å²) in [6, 6.07) is 1.78. The van der Waals surface area contributed by atoms with Crippen molar-refractivity contribution in [3.05, 3.63) is 18.0 Å². The maximum atomic E-state index is 12.3. The predicted molar refractivity (Wildman–Crippen MR) is 71.9 cm³/mol. The van der Waals surface area contributed by atoms with Crippen molar-refractivity contribution in [2.75, 3.05) is 5.75 Å². The molecule has 1 aromatic heterocycles. The molecule has 0 N–H and O–H groups in total. The Bertz CT molecular complexity index is 499. The summed E-state index contributed by atoms with van der Waals surface area (Å²) in [5, 5.41) is 4.02. The van der Waals surface area contributed by atoms with Gasteiger partial charge in [-0.1, -0.05) is 26.2 Å². The van der Waals surface area contributed by atoms with Gasteiger partial charge in [-0.3, -0.25) is 4.68 Å². The fourth-order valence-corrected chi connectivity index (χ4v) is 5.09. The third kappa shape index (κ3) is 3.34. The molecule has 1 aliphatic carbocycles. The van der Waals surface area contributed by atoms with Gasteiger partial charge in [-0.05, 0) is 24.3 Å². The Balaban J connectivity index is 2.05. The van der Waals surface area contributed by atoms with Crippen LogP contribution in [0.2, 0.25) is 0 Å². The van der Waals surface area contributed by atoms with Crippen LogP contribution in [0.25, 0.3) is 0 Å². The van der Waals surface area contributed by atoms with E-state index in [1.807, 2.05) is 0 Å². The molecule has 0 aliphatic heterocycles. The van der Waals surface area contributed by atoms with E-state index in [1.54, 1.807) is 24.0 Å². The highest BCUT2D eigenvalue weighted by atomic mass is 32.2. The monoisotopic (exact) mass is 270 g/mol. The molecule has 1 fully saturated rings. The van der Waals surface area contributed by atoms with Gasteiger partial charge < -0.3 is 0 Å². The van der Waals surface area contributed by atoms with Gasteiger partial charge in [0.05, 0.1) is 17.2 Å². The number of rotatable bonds is 4. The summed E-state index contributed by atoms with van der Waals surface area (Å²) < 4.78 is 26.2. The van der Waals surface area contributed by atoms with Crippen LogP contribution >= 0.6 is 0 Å². The maximum absolute atomic E-state index is 12.3. The summed E-state index contributed by atoms with van der Waals surface area (Å²) in [6.07, 6.45) is 7.30. The van der Waals surface area contributed by atoms with E-state index >= 15 is 0 Å². The minimum absolute atomic E-state index is 0.0182. The number of sulfone groups is 1. The van der Waals surface area contributed by atoms with E-state index in [-0.39, 0.29) is 11.2 Å². The molecule has 18 heavy (non-hydrogen) atoms. The molecule has 0 radical (unpaired) electrons. The lowest BCUT2D eigenvalue weighted by atomic mass is 9.77. The maximum Gasteiger partial charge on any atom is 0.156 e. The predicted octanol–water partition coefficient (Wildman–Crippen LogP) is 2.31. The van der Waals surface area contributed by atoms with Crippen molar-refractivity contribution < 1.29 is 8.42 Å². The first-order chi connectivity index (χ1) is 8.40. The quantitative estimate of drug-likeness (QED) is 0.843. The molecule has 102 valence electrons. The highest BCUT2D eigenvalue weighted by Crippen LogP contribution is 2.37. The Hall–Kier alpha value is -0.840. The Morgan fingerprint density at radius 2 is 2.00 bits per heavy atom. The molecule has 0 aromatic carbocycles. The molecule has 5 heteroatoms. The molecular weight excluding hydrogens is 248 g/mol. The van der Waals surface area contributed by atoms with Crippen molar-refractivity contribution in [2.24, 2.45) is 12.5 Å². The van der Waals surface area contributed by atoms with Gasteiger partial charge in [-0.2, -0.15) is 5.10 Å². The smallest absolute Gasteiger partial charge is 0.156 e. The minimum Gasteiger partial charge on any atom is -0.272 e. The topological polar surface area (TPSA) is 52.0 Å². The first-order valence-electron chi connectivity index (χ1n) is 6.58. The third-order valence-corrected chi connectivity index (χ3v) is 5.79. The molecule has 0 amide bonds. The van der Waals surface area contributed by atoms with E-state index in [2.05, 4.69) is 12.0 Å². The molecule has 4 nitrogen and oxygen atoms in total. The zero-order valence-electron chi connectivity index (χ0n) is 11.2. The van der Waals surface area contributed by atoms with Crippen LogP contribution in [-0.4, -0.2) is 24.0 Å². The van der Waals surface area contributed by atoms with Crippen molar-refractivity contribution in [1.82, 2.24) is 9.78 Å². The van der Waals surface area contributed by atoms with Crippen LogP contribution in [0.5, 0.6) is 0 Å². The number of hydrogen-bond acceptors (Lipinski definition) is 3. The fourth-order valence-electron chi connectivity index (χ4n) is 2.90. The van der Waals surface area contributed by atoms with Crippen LogP contribution in [0.1, 0.15) is 44.7 Å². The molecule has 0 atom stereocenters. The SMILES string of the molecule is Cn1nccc1CS(=O)(=O)CC1(C)CCCCC1. The van der Waals surface area contributed by atoms with Crippen molar-refractivity contribution in [2.45, 2.75) is 44.8 Å². The van der Waals surface area contributed by atoms with Gasteiger partial charge in [-0.15, -0.1) is 0 Å². The molecule has 1 aliphatic rings. The van der Waals surface area contributed by atoms with Crippen LogP contribution in [0.15, 0.2) is 12.3 Å². The summed E-state index contributed by atoms with van der Waals surface area (Å²) in [4.78, 5) is 0. The second-order valence-electron chi connectivity index (χ2n) is 5.85. The molecule has 1 aromatic rings. The standard InChI is InChI=1S/C13H22N2O2S/c1-13(7-4-3-5-8-13)11-18(16,17)10-12-6-9-14-15(12)2/h6,9H,3-5,7-8,10-11H2,1-2H3. The van der Waals surface area contributed by atoms with Gasteiger partial charge in [0.15, 0.2) is 9.84 Å². The van der Waals surface area contributed by atoms with E-state index in [4.69, 9.17) is 0 Å².